The molecule has 0 bridgehead atoms. The van der Waals surface area contributed by atoms with Gasteiger partial charge in [-0.05, 0) is 24.3 Å². The summed E-state index contributed by atoms with van der Waals surface area (Å²) in [7, 11) is 1.30. The molecule has 0 atom stereocenters. The van der Waals surface area contributed by atoms with E-state index in [4.69, 9.17) is 23.2 Å². The predicted molar refractivity (Wildman–Crippen MR) is 65.4 cm³/mol. The van der Waals surface area contributed by atoms with Crippen molar-refractivity contribution in [3.63, 3.8) is 0 Å². The fourth-order valence-electron chi connectivity index (χ4n) is 1.37. The van der Waals surface area contributed by atoms with Gasteiger partial charge in [0.25, 0.3) is 0 Å². The number of methoxy groups -OCH3 is 1. The van der Waals surface area contributed by atoms with Crippen LogP contribution in [0.5, 0.6) is 0 Å². The molecule has 17 heavy (non-hydrogen) atoms. The molecule has 88 valence electrons. The number of esters is 1. The molecular weight excluding hydrogens is 263 g/mol. The summed E-state index contributed by atoms with van der Waals surface area (Å²) in [6, 6.07) is 6.59. The minimum atomic E-state index is -0.484. The van der Waals surface area contributed by atoms with Crippen molar-refractivity contribution < 1.29 is 9.53 Å². The number of hydrogen-bond donors (Lipinski definition) is 1. The largest absolute Gasteiger partial charge is 0.464 e. The van der Waals surface area contributed by atoms with Gasteiger partial charge in [0.15, 0.2) is 0 Å². The topological polar surface area (TPSA) is 55.0 Å². The van der Waals surface area contributed by atoms with Crippen LogP contribution in [0.2, 0.25) is 10.0 Å². The molecule has 0 saturated heterocycles. The Hall–Kier alpha value is -1.52. The third-order valence-corrected chi connectivity index (χ3v) is 2.75. The number of nitrogens with one attached hydrogen (secondary N) is 1. The van der Waals surface area contributed by atoms with E-state index in [1.165, 1.54) is 7.11 Å². The van der Waals surface area contributed by atoms with E-state index in [9.17, 15) is 4.79 Å². The second-order valence-corrected chi connectivity index (χ2v) is 4.13. The minimum Gasteiger partial charge on any atom is -0.464 e. The molecule has 4 nitrogen and oxygen atoms in total. The van der Waals surface area contributed by atoms with Crippen LogP contribution in [0.15, 0.2) is 24.3 Å². The third-order valence-electron chi connectivity index (χ3n) is 2.19. The molecule has 2 rings (SSSR count). The molecule has 0 aliphatic rings. The number of aromatic amines is 1. The molecule has 0 saturated carbocycles. The van der Waals surface area contributed by atoms with Crippen molar-refractivity contribution in [2.24, 2.45) is 0 Å². The molecule has 1 heterocycles. The molecule has 1 N–H and O–H groups in total. The van der Waals surface area contributed by atoms with Crippen molar-refractivity contribution in [3.05, 3.63) is 40.0 Å². The maximum atomic E-state index is 11.3. The van der Waals surface area contributed by atoms with E-state index < -0.39 is 5.97 Å². The zero-order valence-corrected chi connectivity index (χ0v) is 10.3. The summed E-state index contributed by atoms with van der Waals surface area (Å²) in [5.41, 5.74) is 1.46. The Morgan fingerprint density at radius 1 is 1.35 bits per heavy atom. The highest BCUT2D eigenvalue weighted by Gasteiger charge is 2.13. The van der Waals surface area contributed by atoms with Crippen LogP contribution in [0.3, 0.4) is 0 Å². The van der Waals surface area contributed by atoms with Crippen LogP contribution in [-0.4, -0.2) is 23.3 Å². The van der Waals surface area contributed by atoms with Gasteiger partial charge in [-0.3, -0.25) is 5.10 Å². The Morgan fingerprint density at radius 2 is 2.12 bits per heavy atom. The van der Waals surface area contributed by atoms with Crippen LogP contribution < -0.4 is 0 Å². The summed E-state index contributed by atoms with van der Waals surface area (Å²) in [4.78, 5) is 11.3. The van der Waals surface area contributed by atoms with E-state index >= 15 is 0 Å². The maximum Gasteiger partial charge on any atom is 0.356 e. The fraction of sp³-hybridized carbons (Fsp3) is 0.0909. The Bertz CT molecular complexity index is 566. The number of H-pyrrole nitrogens is 1. The minimum absolute atomic E-state index is 0.263. The Kier molecular flexibility index (Phi) is 3.36. The number of aromatic nitrogens is 2. The van der Waals surface area contributed by atoms with E-state index in [2.05, 4.69) is 14.9 Å². The van der Waals surface area contributed by atoms with Crippen LogP contribution >= 0.6 is 23.2 Å². The molecule has 0 amide bonds. The van der Waals surface area contributed by atoms with E-state index in [1.54, 1.807) is 24.3 Å². The molecule has 1 aromatic carbocycles. The van der Waals surface area contributed by atoms with Crippen LogP contribution in [0.4, 0.5) is 0 Å². The molecule has 0 fully saturated rings. The number of ether oxygens (including phenoxy) is 1. The monoisotopic (exact) mass is 270 g/mol. The van der Waals surface area contributed by atoms with Gasteiger partial charge in [0.2, 0.25) is 0 Å². The zero-order valence-electron chi connectivity index (χ0n) is 8.83. The summed E-state index contributed by atoms with van der Waals surface area (Å²) < 4.78 is 4.57. The number of hydrogen-bond acceptors (Lipinski definition) is 3. The van der Waals surface area contributed by atoms with Gasteiger partial charge >= 0.3 is 5.97 Å². The summed E-state index contributed by atoms with van der Waals surface area (Å²) >= 11 is 11.9. The lowest BCUT2D eigenvalue weighted by molar-refractivity contribution is 0.0594. The third kappa shape index (κ3) is 2.43. The highest BCUT2D eigenvalue weighted by molar-refractivity contribution is 6.35. The van der Waals surface area contributed by atoms with Crippen molar-refractivity contribution in [3.8, 4) is 11.3 Å². The van der Waals surface area contributed by atoms with Gasteiger partial charge in [-0.25, -0.2) is 4.79 Å². The van der Waals surface area contributed by atoms with Gasteiger partial charge in [-0.2, -0.15) is 5.10 Å². The van der Waals surface area contributed by atoms with Gasteiger partial charge in [0.1, 0.15) is 5.69 Å². The summed E-state index contributed by atoms with van der Waals surface area (Å²) in [6.45, 7) is 0. The van der Waals surface area contributed by atoms with Gasteiger partial charge < -0.3 is 4.74 Å². The molecule has 6 heteroatoms. The lowest BCUT2D eigenvalue weighted by atomic mass is 10.1. The molecule has 2 aromatic rings. The molecule has 1 aromatic heterocycles. The number of benzene rings is 1. The molecule has 0 aliphatic heterocycles. The zero-order chi connectivity index (χ0) is 12.4. The highest BCUT2D eigenvalue weighted by Crippen LogP contribution is 2.29. The summed E-state index contributed by atoms with van der Waals surface area (Å²) in [5.74, 6) is -0.484. The number of carbonyl (C=O) groups is 1. The van der Waals surface area contributed by atoms with Crippen molar-refractivity contribution in [2.75, 3.05) is 7.11 Å². The highest BCUT2D eigenvalue weighted by atomic mass is 35.5. The van der Waals surface area contributed by atoms with Gasteiger partial charge in [0.05, 0.1) is 17.8 Å². The first-order chi connectivity index (χ1) is 8.11. The number of rotatable bonds is 2. The normalized spacial score (nSPS) is 10.3. The van der Waals surface area contributed by atoms with Crippen LogP contribution in [0, 0.1) is 0 Å². The maximum absolute atomic E-state index is 11.3. The van der Waals surface area contributed by atoms with Crippen LogP contribution in [0.25, 0.3) is 11.3 Å². The van der Waals surface area contributed by atoms with Crippen molar-refractivity contribution >= 4 is 29.2 Å². The van der Waals surface area contributed by atoms with Crippen LogP contribution in [0.1, 0.15) is 10.5 Å². The van der Waals surface area contributed by atoms with Gasteiger partial charge in [-0.15, -0.1) is 0 Å². The SMILES string of the molecule is COC(=O)c1cc(-c2cc(Cl)ccc2Cl)n[nH]1. The number of halogens is 2. The average Bonchev–Trinajstić information content (AvgIpc) is 2.80. The predicted octanol–water partition coefficient (Wildman–Crippen LogP) is 3.17. The van der Waals surface area contributed by atoms with Crippen molar-refractivity contribution in [1.82, 2.24) is 10.2 Å². The van der Waals surface area contributed by atoms with Crippen molar-refractivity contribution in [2.45, 2.75) is 0 Å². The summed E-state index contributed by atoms with van der Waals surface area (Å²) in [5, 5.41) is 7.62. The quantitative estimate of drug-likeness (QED) is 0.853. The lowest BCUT2D eigenvalue weighted by Crippen LogP contribution is -2.00. The molecule has 0 aliphatic carbocycles. The van der Waals surface area contributed by atoms with E-state index in [1.807, 2.05) is 0 Å². The van der Waals surface area contributed by atoms with E-state index in [-0.39, 0.29) is 5.69 Å². The Labute approximate surface area is 107 Å². The lowest BCUT2D eigenvalue weighted by Gasteiger charge is -2.00. The standard InChI is InChI=1S/C11H8Cl2N2O2/c1-17-11(16)10-5-9(14-15-10)7-4-6(12)2-3-8(7)13/h2-5H,1H3,(H,14,15). The van der Waals surface area contributed by atoms with Gasteiger partial charge in [-0.1, -0.05) is 23.2 Å². The van der Waals surface area contributed by atoms with E-state index in [0.717, 1.165) is 0 Å². The van der Waals surface area contributed by atoms with Gasteiger partial charge in [0, 0.05) is 10.6 Å². The first-order valence-electron chi connectivity index (χ1n) is 4.71. The van der Waals surface area contributed by atoms with Crippen LogP contribution in [-0.2, 0) is 4.74 Å². The number of carbonyl (C=O) groups excluding carboxylic acids is 1. The first kappa shape index (κ1) is 12.0. The Morgan fingerprint density at radius 3 is 2.82 bits per heavy atom. The molecule has 0 spiro atoms. The average molecular weight is 271 g/mol. The second-order valence-electron chi connectivity index (χ2n) is 3.28. The molecule has 0 radical (unpaired) electrons. The molecule has 0 unspecified atom stereocenters. The first-order valence-corrected chi connectivity index (χ1v) is 5.46. The number of nitrogens with zero attached hydrogens (tertiary/aromatic N) is 1. The summed E-state index contributed by atoms with van der Waals surface area (Å²) in [6.07, 6.45) is 0. The van der Waals surface area contributed by atoms with Crippen molar-refractivity contribution in [1.29, 1.82) is 0 Å². The second kappa shape index (κ2) is 4.77. The smallest absolute Gasteiger partial charge is 0.356 e. The molecular formula is C11H8Cl2N2O2. The Balaban J connectivity index is 2.43. The fourth-order valence-corrected chi connectivity index (χ4v) is 1.75. The van der Waals surface area contributed by atoms with E-state index in [0.29, 0.717) is 21.3 Å².